The van der Waals surface area contributed by atoms with Gasteiger partial charge in [0, 0.05) is 19.3 Å². The van der Waals surface area contributed by atoms with E-state index in [9.17, 15) is 9.59 Å². The molecule has 1 atom stereocenters. The van der Waals surface area contributed by atoms with Crippen LogP contribution < -0.4 is 10.1 Å². The van der Waals surface area contributed by atoms with Crippen LogP contribution in [0.15, 0.2) is 24.3 Å². The van der Waals surface area contributed by atoms with Crippen LogP contribution in [0.1, 0.15) is 24.8 Å². The lowest BCUT2D eigenvalue weighted by Gasteiger charge is -2.11. The summed E-state index contributed by atoms with van der Waals surface area (Å²) in [4.78, 5) is 21.8. The van der Waals surface area contributed by atoms with Gasteiger partial charge in [0.05, 0.1) is 6.54 Å². The molecular weight excluding hydrogens is 246 g/mol. The monoisotopic (exact) mass is 263 g/mol. The topological polar surface area (TPSA) is 75.6 Å². The van der Waals surface area contributed by atoms with Crippen molar-refractivity contribution < 1.29 is 19.4 Å². The number of carbonyl (C=O) groups is 2. The molecule has 5 heteroatoms. The molecule has 1 aromatic carbocycles. The van der Waals surface area contributed by atoms with Crippen molar-refractivity contribution in [3.05, 3.63) is 29.8 Å². The molecule has 5 nitrogen and oxygen atoms in total. The molecule has 0 saturated carbocycles. The molecule has 1 aliphatic rings. The lowest BCUT2D eigenvalue weighted by Crippen LogP contribution is -2.34. The Morgan fingerprint density at radius 1 is 1.32 bits per heavy atom. The second kappa shape index (κ2) is 6.22. The van der Waals surface area contributed by atoms with Gasteiger partial charge in [-0.15, -0.1) is 0 Å². The third-order valence-corrected chi connectivity index (χ3v) is 3.04. The Morgan fingerprint density at radius 3 is 2.84 bits per heavy atom. The highest BCUT2D eigenvalue weighted by molar-refractivity contribution is 5.76. The number of carboxylic acid groups (broad SMARTS) is 1. The molecule has 0 aromatic heterocycles. The number of rotatable bonds is 6. The maximum Gasteiger partial charge on any atom is 0.303 e. The Hall–Kier alpha value is -2.04. The van der Waals surface area contributed by atoms with Crippen LogP contribution in [0.5, 0.6) is 5.75 Å². The number of nitrogens with one attached hydrogen (secondary N) is 1. The van der Waals surface area contributed by atoms with Crippen LogP contribution in [0, 0.1) is 0 Å². The van der Waals surface area contributed by atoms with Crippen molar-refractivity contribution in [3.63, 3.8) is 0 Å². The van der Waals surface area contributed by atoms with Crippen LogP contribution in [0.25, 0.3) is 0 Å². The fourth-order valence-electron chi connectivity index (χ4n) is 2.08. The van der Waals surface area contributed by atoms with Crippen molar-refractivity contribution in [2.45, 2.75) is 31.8 Å². The van der Waals surface area contributed by atoms with Crippen molar-refractivity contribution in [1.82, 2.24) is 5.32 Å². The van der Waals surface area contributed by atoms with Gasteiger partial charge in [-0.2, -0.15) is 0 Å². The Balaban J connectivity index is 1.67. The third-order valence-electron chi connectivity index (χ3n) is 3.04. The zero-order valence-electron chi connectivity index (χ0n) is 10.6. The van der Waals surface area contributed by atoms with E-state index in [1.165, 1.54) is 0 Å². The maximum atomic E-state index is 11.5. The Bertz CT molecular complexity index is 447. The first-order valence-electron chi connectivity index (χ1n) is 6.38. The number of hydrogen-bond acceptors (Lipinski definition) is 3. The molecule has 102 valence electrons. The van der Waals surface area contributed by atoms with E-state index < -0.39 is 5.97 Å². The van der Waals surface area contributed by atoms with E-state index in [-0.39, 0.29) is 24.9 Å². The molecule has 0 fully saturated rings. The second-order valence-corrected chi connectivity index (χ2v) is 4.60. The number of aliphatic carboxylic acids is 1. The standard InChI is InChI=1S/C14H17NO4/c16-13(6-3-7-14(17)18)15-9-11-8-10-4-1-2-5-12(10)19-11/h1-2,4-5,11H,3,6-9H2,(H,15,16)(H,17,18). The van der Waals surface area contributed by atoms with Crippen molar-refractivity contribution >= 4 is 11.9 Å². The van der Waals surface area contributed by atoms with Gasteiger partial charge in [0.25, 0.3) is 0 Å². The minimum Gasteiger partial charge on any atom is -0.488 e. The molecule has 0 saturated heterocycles. The highest BCUT2D eigenvalue weighted by Gasteiger charge is 2.22. The van der Waals surface area contributed by atoms with Gasteiger partial charge in [0.2, 0.25) is 5.91 Å². The predicted octanol–water partition coefficient (Wildman–Crippen LogP) is 1.36. The number of benzene rings is 1. The van der Waals surface area contributed by atoms with E-state index in [4.69, 9.17) is 9.84 Å². The van der Waals surface area contributed by atoms with Crippen LogP contribution in [0.3, 0.4) is 0 Å². The molecule has 2 N–H and O–H groups in total. The molecule has 1 aromatic rings. The van der Waals surface area contributed by atoms with Crippen LogP contribution in [0.2, 0.25) is 0 Å². The van der Waals surface area contributed by atoms with Gasteiger partial charge in [0.15, 0.2) is 0 Å². The number of amides is 1. The third kappa shape index (κ3) is 3.98. The first-order valence-corrected chi connectivity index (χ1v) is 6.38. The molecule has 1 heterocycles. The lowest BCUT2D eigenvalue weighted by atomic mass is 10.1. The average molecular weight is 263 g/mol. The van der Waals surface area contributed by atoms with Gasteiger partial charge in [-0.05, 0) is 18.1 Å². The summed E-state index contributed by atoms with van der Waals surface area (Å²) in [6.07, 6.45) is 1.41. The summed E-state index contributed by atoms with van der Waals surface area (Å²) >= 11 is 0. The van der Waals surface area contributed by atoms with Crippen LogP contribution in [-0.4, -0.2) is 29.6 Å². The summed E-state index contributed by atoms with van der Waals surface area (Å²) in [6, 6.07) is 7.83. The maximum absolute atomic E-state index is 11.5. The van der Waals surface area contributed by atoms with E-state index >= 15 is 0 Å². The lowest BCUT2D eigenvalue weighted by molar-refractivity contribution is -0.137. The zero-order chi connectivity index (χ0) is 13.7. The summed E-state index contributed by atoms with van der Waals surface area (Å²) in [5.74, 6) is -0.115. The Labute approximate surface area is 111 Å². The highest BCUT2D eigenvalue weighted by Crippen LogP contribution is 2.27. The first-order chi connectivity index (χ1) is 9.15. The molecule has 19 heavy (non-hydrogen) atoms. The zero-order valence-corrected chi connectivity index (χ0v) is 10.6. The fraction of sp³-hybridized carbons (Fsp3) is 0.429. The number of para-hydroxylation sites is 1. The van der Waals surface area contributed by atoms with Crippen LogP contribution >= 0.6 is 0 Å². The molecular formula is C14H17NO4. The van der Waals surface area contributed by atoms with Gasteiger partial charge in [-0.1, -0.05) is 18.2 Å². The second-order valence-electron chi connectivity index (χ2n) is 4.60. The molecule has 0 bridgehead atoms. The molecule has 0 spiro atoms. The normalized spacial score (nSPS) is 16.5. The van der Waals surface area contributed by atoms with E-state index in [0.717, 1.165) is 17.7 Å². The van der Waals surface area contributed by atoms with Gasteiger partial charge in [-0.3, -0.25) is 9.59 Å². The van der Waals surface area contributed by atoms with Gasteiger partial charge in [0.1, 0.15) is 11.9 Å². The molecule has 2 rings (SSSR count). The van der Waals surface area contributed by atoms with Gasteiger partial charge < -0.3 is 15.2 Å². The molecule has 1 unspecified atom stereocenters. The van der Waals surface area contributed by atoms with E-state index in [1.807, 2.05) is 24.3 Å². The summed E-state index contributed by atoms with van der Waals surface area (Å²) < 4.78 is 5.69. The first kappa shape index (κ1) is 13.4. The minimum atomic E-state index is -0.873. The molecule has 0 aliphatic carbocycles. The van der Waals surface area contributed by atoms with Crippen LogP contribution in [-0.2, 0) is 16.0 Å². The van der Waals surface area contributed by atoms with Crippen molar-refractivity contribution in [2.75, 3.05) is 6.54 Å². The number of carboxylic acids is 1. The summed E-state index contributed by atoms with van der Waals surface area (Å²) in [5.41, 5.74) is 1.16. The summed E-state index contributed by atoms with van der Waals surface area (Å²) in [7, 11) is 0. The molecule has 1 amide bonds. The Morgan fingerprint density at radius 2 is 2.11 bits per heavy atom. The van der Waals surface area contributed by atoms with Gasteiger partial charge in [-0.25, -0.2) is 0 Å². The van der Waals surface area contributed by atoms with E-state index in [1.54, 1.807) is 0 Å². The number of carbonyl (C=O) groups excluding carboxylic acids is 1. The SMILES string of the molecule is O=C(O)CCCC(=O)NCC1Cc2ccccc2O1. The summed E-state index contributed by atoms with van der Waals surface area (Å²) in [6.45, 7) is 0.459. The predicted molar refractivity (Wildman–Crippen MR) is 69.1 cm³/mol. The van der Waals surface area contributed by atoms with Gasteiger partial charge >= 0.3 is 5.97 Å². The summed E-state index contributed by atoms with van der Waals surface area (Å²) in [5, 5.41) is 11.3. The highest BCUT2D eigenvalue weighted by atomic mass is 16.5. The fourth-order valence-corrected chi connectivity index (χ4v) is 2.08. The Kier molecular flexibility index (Phi) is 4.39. The van der Waals surface area contributed by atoms with Crippen molar-refractivity contribution in [3.8, 4) is 5.75 Å². The van der Waals surface area contributed by atoms with Crippen LogP contribution in [0.4, 0.5) is 0 Å². The average Bonchev–Trinajstić information content (AvgIpc) is 2.78. The minimum absolute atomic E-state index is 0.0266. The number of hydrogen-bond donors (Lipinski definition) is 2. The largest absolute Gasteiger partial charge is 0.488 e. The van der Waals surface area contributed by atoms with E-state index in [0.29, 0.717) is 13.0 Å². The number of fused-ring (bicyclic) bond motifs is 1. The smallest absolute Gasteiger partial charge is 0.303 e. The van der Waals surface area contributed by atoms with E-state index in [2.05, 4.69) is 5.32 Å². The number of ether oxygens (including phenoxy) is 1. The molecule has 1 aliphatic heterocycles. The van der Waals surface area contributed by atoms with Crippen molar-refractivity contribution in [1.29, 1.82) is 0 Å². The quantitative estimate of drug-likeness (QED) is 0.812. The molecule has 0 radical (unpaired) electrons. The van der Waals surface area contributed by atoms with Crippen molar-refractivity contribution in [2.24, 2.45) is 0 Å².